The van der Waals surface area contributed by atoms with Crippen LogP contribution < -0.4 is 0 Å². The fraction of sp³-hybridized carbons (Fsp3) is 0.350. The SMILES string of the molecule is Cc1nnnn1[C@@H](C(=O)N1CCC(c2ccncc2)CC1)c1ccccc1. The zero-order valence-electron chi connectivity index (χ0n) is 15.3. The molecule has 1 amide bonds. The number of rotatable bonds is 4. The third kappa shape index (κ3) is 3.58. The van der Waals surface area contributed by atoms with E-state index in [1.54, 1.807) is 4.68 Å². The van der Waals surface area contributed by atoms with E-state index in [9.17, 15) is 4.79 Å². The molecule has 1 aliphatic heterocycles. The van der Waals surface area contributed by atoms with Crippen molar-refractivity contribution in [3.05, 3.63) is 71.8 Å². The highest BCUT2D eigenvalue weighted by Gasteiger charge is 2.32. The molecule has 3 heterocycles. The van der Waals surface area contributed by atoms with Crippen LogP contribution in [0, 0.1) is 6.92 Å². The molecule has 0 N–H and O–H groups in total. The molecule has 4 rings (SSSR count). The molecule has 0 saturated carbocycles. The van der Waals surface area contributed by atoms with Crippen molar-refractivity contribution in [1.29, 1.82) is 0 Å². The van der Waals surface area contributed by atoms with Crippen molar-refractivity contribution in [2.75, 3.05) is 13.1 Å². The van der Waals surface area contributed by atoms with Gasteiger partial charge in [0.25, 0.3) is 5.91 Å². The summed E-state index contributed by atoms with van der Waals surface area (Å²) in [5.41, 5.74) is 2.20. The summed E-state index contributed by atoms with van der Waals surface area (Å²) in [6.45, 7) is 3.28. The van der Waals surface area contributed by atoms with E-state index in [1.165, 1.54) is 5.56 Å². The molecule has 1 atom stereocenters. The molecule has 138 valence electrons. The third-order valence-electron chi connectivity index (χ3n) is 5.24. The van der Waals surface area contributed by atoms with Gasteiger partial charge in [-0.15, -0.1) is 5.10 Å². The van der Waals surface area contributed by atoms with Crippen molar-refractivity contribution in [3.63, 3.8) is 0 Å². The van der Waals surface area contributed by atoms with Gasteiger partial charge < -0.3 is 4.90 Å². The van der Waals surface area contributed by atoms with Crippen LogP contribution in [0.3, 0.4) is 0 Å². The second-order valence-electron chi connectivity index (χ2n) is 6.86. The summed E-state index contributed by atoms with van der Waals surface area (Å²) in [7, 11) is 0. The number of likely N-dealkylation sites (tertiary alicyclic amines) is 1. The van der Waals surface area contributed by atoms with Gasteiger partial charge in [0, 0.05) is 25.5 Å². The van der Waals surface area contributed by atoms with Crippen LogP contribution >= 0.6 is 0 Å². The molecule has 0 bridgehead atoms. The number of carbonyl (C=O) groups excluding carboxylic acids is 1. The van der Waals surface area contributed by atoms with Gasteiger partial charge >= 0.3 is 0 Å². The lowest BCUT2D eigenvalue weighted by atomic mass is 9.89. The smallest absolute Gasteiger partial charge is 0.252 e. The van der Waals surface area contributed by atoms with Crippen molar-refractivity contribution in [2.24, 2.45) is 0 Å². The first-order valence-electron chi connectivity index (χ1n) is 9.22. The molecule has 1 aliphatic rings. The Morgan fingerprint density at radius 2 is 1.78 bits per heavy atom. The molecular weight excluding hydrogens is 340 g/mol. The molecule has 27 heavy (non-hydrogen) atoms. The van der Waals surface area contributed by atoms with E-state index >= 15 is 0 Å². The second-order valence-corrected chi connectivity index (χ2v) is 6.86. The normalized spacial score (nSPS) is 16.3. The number of amides is 1. The van der Waals surface area contributed by atoms with Crippen molar-refractivity contribution >= 4 is 5.91 Å². The molecule has 0 aliphatic carbocycles. The van der Waals surface area contributed by atoms with Crippen molar-refractivity contribution in [3.8, 4) is 0 Å². The minimum absolute atomic E-state index is 0.0461. The minimum atomic E-state index is -0.529. The number of pyridine rings is 1. The molecule has 0 radical (unpaired) electrons. The Balaban J connectivity index is 1.54. The fourth-order valence-corrected chi connectivity index (χ4v) is 3.74. The predicted octanol–water partition coefficient (Wildman–Crippen LogP) is 2.37. The maximum atomic E-state index is 13.4. The molecule has 1 aromatic carbocycles. The number of aryl methyl sites for hydroxylation is 1. The summed E-state index contributed by atoms with van der Waals surface area (Å²) >= 11 is 0. The number of nitrogens with zero attached hydrogens (tertiary/aromatic N) is 6. The van der Waals surface area contributed by atoms with Crippen molar-refractivity contribution in [2.45, 2.75) is 31.7 Å². The number of aromatic nitrogens is 5. The van der Waals surface area contributed by atoms with Crippen molar-refractivity contribution < 1.29 is 4.79 Å². The van der Waals surface area contributed by atoms with E-state index in [0.717, 1.165) is 31.5 Å². The van der Waals surface area contributed by atoms with Crippen LogP contribution in [-0.4, -0.2) is 49.1 Å². The molecule has 1 saturated heterocycles. The number of carbonyl (C=O) groups is 1. The van der Waals surface area contributed by atoms with Crippen LogP contribution in [0.15, 0.2) is 54.9 Å². The molecule has 0 unspecified atom stereocenters. The first-order valence-corrected chi connectivity index (χ1v) is 9.22. The summed E-state index contributed by atoms with van der Waals surface area (Å²) in [5, 5.41) is 11.8. The van der Waals surface area contributed by atoms with E-state index in [0.29, 0.717) is 11.7 Å². The lowest BCUT2D eigenvalue weighted by Crippen LogP contribution is -2.42. The van der Waals surface area contributed by atoms with Gasteiger partial charge in [-0.1, -0.05) is 30.3 Å². The summed E-state index contributed by atoms with van der Waals surface area (Å²) in [5.74, 6) is 1.15. The van der Waals surface area contributed by atoms with E-state index in [2.05, 4.69) is 32.6 Å². The Kier molecular flexibility index (Phi) is 4.91. The van der Waals surface area contributed by atoms with Gasteiger partial charge in [0.2, 0.25) is 0 Å². The van der Waals surface area contributed by atoms with Crippen molar-refractivity contribution in [1.82, 2.24) is 30.1 Å². The maximum absolute atomic E-state index is 13.4. The largest absolute Gasteiger partial charge is 0.340 e. The monoisotopic (exact) mass is 362 g/mol. The molecule has 1 fully saturated rings. The average molecular weight is 362 g/mol. The zero-order chi connectivity index (χ0) is 18.6. The molecule has 7 nitrogen and oxygen atoms in total. The van der Waals surface area contributed by atoms with Gasteiger partial charge in [-0.2, -0.15) is 0 Å². The fourth-order valence-electron chi connectivity index (χ4n) is 3.74. The second kappa shape index (κ2) is 7.65. The highest BCUT2D eigenvalue weighted by molar-refractivity contribution is 5.83. The number of hydrogen-bond acceptors (Lipinski definition) is 5. The standard InChI is InChI=1S/C20H22N6O/c1-15-22-23-24-26(15)19(18-5-3-2-4-6-18)20(27)25-13-9-17(10-14-25)16-7-11-21-12-8-16/h2-8,11-12,17,19H,9-10,13-14H2,1H3/t19-/m1/s1. The molecule has 0 spiro atoms. The Bertz CT molecular complexity index is 887. The molecule has 3 aromatic rings. The topological polar surface area (TPSA) is 76.8 Å². The van der Waals surface area contributed by atoms with Gasteiger partial charge in [0.1, 0.15) is 5.82 Å². The first-order chi connectivity index (χ1) is 13.2. The molecular formula is C20H22N6O. The van der Waals surface area contributed by atoms with Gasteiger partial charge in [-0.05, 0) is 59.4 Å². The molecule has 2 aromatic heterocycles. The van der Waals surface area contributed by atoms with Crippen LogP contribution in [0.2, 0.25) is 0 Å². The maximum Gasteiger partial charge on any atom is 0.252 e. The Morgan fingerprint density at radius 1 is 1.07 bits per heavy atom. The average Bonchev–Trinajstić information content (AvgIpc) is 3.15. The van der Waals surface area contributed by atoms with Crippen LogP contribution in [0.4, 0.5) is 0 Å². The number of piperidine rings is 1. The third-order valence-corrected chi connectivity index (χ3v) is 5.24. The number of benzene rings is 1. The van der Waals surface area contributed by atoms with E-state index in [1.807, 2.05) is 54.5 Å². The van der Waals surface area contributed by atoms with Crippen LogP contribution in [0.5, 0.6) is 0 Å². The minimum Gasteiger partial charge on any atom is -0.340 e. The van der Waals surface area contributed by atoms with E-state index in [4.69, 9.17) is 0 Å². The summed E-state index contributed by atoms with van der Waals surface area (Å²) < 4.78 is 1.62. The predicted molar refractivity (Wildman–Crippen MR) is 99.9 cm³/mol. The Morgan fingerprint density at radius 3 is 2.41 bits per heavy atom. The molecule has 7 heteroatoms. The quantitative estimate of drug-likeness (QED) is 0.712. The van der Waals surface area contributed by atoms with Crippen LogP contribution in [0.25, 0.3) is 0 Å². The zero-order valence-corrected chi connectivity index (χ0v) is 15.3. The first kappa shape index (κ1) is 17.3. The summed E-state index contributed by atoms with van der Waals surface area (Å²) in [6.07, 6.45) is 5.56. The van der Waals surface area contributed by atoms with Crippen LogP contribution in [0.1, 0.15) is 41.8 Å². The van der Waals surface area contributed by atoms with Gasteiger partial charge in [0.15, 0.2) is 6.04 Å². The van der Waals surface area contributed by atoms with Gasteiger partial charge in [-0.25, -0.2) is 4.68 Å². The summed E-state index contributed by atoms with van der Waals surface area (Å²) in [6, 6.07) is 13.3. The number of hydrogen-bond donors (Lipinski definition) is 0. The highest BCUT2D eigenvalue weighted by atomic mass is 16.2. The lowest BCUT2D eigenvalue weighted by Gasteiger charge is -2.34. The van der Waals surface area contributed by atoms with E-state index in [-0.39, 0.29) is 5.91 Å². The highest BCUT2D eigenvalue weighted by Crippen LogP contribution is 2.30. The Labute approximate surface area is 158 Å². The van der Waals surface area contributed by atoms with Gasteiger partial charge in [-0.3, -0.25) is 9.78 Å². The lowest BCUT2D eigenvalue weighted by molar-refractivity contribution is -0.135. The Hall–Kier alpha value is -3.09. The number of tetrazole rings is 1. The van der Waals surface area contributed by atoms with Gasteiger partial charge in [0.05, 0.1) is 0 Å². The summed E-state index contributed by atoms with van der Waals surface area (Å²) in [4.78, 5) is 19.4. The van der Waals surface area contributed by atoms with E-state index < -0.39 is 6.04 Å². The van der Waals surface area contributed by atoms with Crippen LogP contribution in [-0.2, 0) is 4.79 Å².